The van der Waals surface area contributed by atoms with Gasteiger partial charge in [0.05, 0.1) is 0 Å². The van der Waals surface area contributed by atoms with Crippen LogP contribution in [0.2, 0.25) is 0 Å². The quantitative estimate of drug-likeness (QED) is 0.808. The SMILES string of the molecule is C=CCC1=Nc2sc(C(=O)O)c(C)c2C(=C)N1. The van der Waals surface area contributed by atoms with Crippen LogP contribution in [0.3, 0.4) is 0 Å². The van der Waals surface area contributed by atoms with E-state index >= 15 is 0 Å². The summed E-state index contributed by atoms with van der Waals surface area (Å²) < 4.78 is 0. The van der Waals surface area contributed by atoms with E-state index in [-0.39, 0.29) is 0 Å². The lowest BCUT2D eigenvalue weighted by atomic mass is 10.1. The smallest absolute Gasteiger partial charge is 0.346 e. The Labute approximate surface area is 103 Å². The summed E-state index contributed by atoms with van der Waals surface area (Å²) in [6.07, 6.45) is 2.35. The molecule has 0 radical (unpaired) electrons. The Kier molecular flexibility index (Phi) is 2.85. The van der Waals surface area contributed by atoms with Crippen molar-refractivity contribution in [3.8, 4) is 0 Å². The van der Waals surface area contributed by atoms with Crippen molar-refractivity contribution in [2.75, 3.05) is 0 Å². The van der Waals surface area contributed by atoms with Gasteiger partial charge in [0, 0.05) is 17.7 Å². The first kappa shape index (κ1) is 11.6. The molecule has 17 heavy (non-hydrogen) atoms. The van der Waals surface area contributed by atoms with Crippen molar-refractivity contribution in [1.29, 1.82) is 0 Å². The average Bonchev–Trinajstić information content (AvgIpc) is 2.56. The van der Waals surface area contributed by atoms with Crippen molar-refractivity contribution in [2.45, 2.75) is 13.3 Å². The van der Waals surface area contributed by atoms with Gasteiger partial charge in [-0.05, 0) is 12.5 Å². The van der Waals surface area contributed by atoms with Gasteiger partial charge in [0.1, 0.15) is 15.7 Å². The van der Waals surface area contributed by atoms with Gasteiger partial charge in [0.15, 0.2) is 0 Å². The summed E-state index contributed by atoms with van der Waals surface area (Å²) >= 11 is 1.18. The molecule has 0 saturated heterocycles. The molecule has 0 aliphatic carbocycles. The molecule has 2 heterocycles. The van der Waals surface area contributed by atoms with Crippen molar-refractivity contribution in [1.82, 2.24) is 5.32 Å². The van der Waals surface area contributed by atoms with Crippen molar-refractivity contribution >= 4 is 33.8 Å². The molecule has 0 spiro atoms. The highest BCUT2D eigenvalue weighted by Crippen LogP contribution is 2.40. The number of rotatable bonds is 3. The van der Waals surface area contributed by atoms with Crippen LogP contribution in [0, 0.1) is 6.92 Å². The van der Waals surface area contributed by atoms with Gasteiger partial charge in [-0.15, -0.1) is 17.9 Å². The van der Waals surface area contributed by atoms with E-state index < -0.39 is 5.97 Å². The molecule has 1 aliphatic rings. The van der Waals surface area contributed by atoms with Crippen LogP contribution in [-0.2, 0) is 0 Å². The van der Waals surface area contributed by atoms with Crippen LogP contribution in [0.25, 0.3) is 5.70 Å². The lowest BCUT2D eigenvalue weighted by Gasteiger charge is -2.16. The van der Waals surface area contributed by atoms with Crippen LogP contribution in [0.1, 0.15) is 27.2 Å². The fourth-order valence-corrected chi connectivity index (χ4v) is 2.83. The first-order valence-corrected chi connectivity index (χ1v) is 5.87. The number of amidine groups is 1. The number of nitrogens with zero attached hydrogens (tertiary/aromatic N) is 1. The van der Waals surface area contributed by atoms with E-state index in [0.717, 1.165) is 17.0 Å². The Hall–Kier alpha value is -1.88. The van der Waals surface area contributed by atoms with Gasteiger partial charge >= 0.3 is 5.97 Å². The van der Waals surface area contributed by atoms with E-state index in [4.69, 9.17) is 5.11 Å². The Balaban J connectivity index is 2.56. The maximum absolute atomic E-state index is 11.0. The van der Waals surface area contributed by atoms with Crippen LogP contribution in [-0.4, -0.2) is 16.9 Å². The molecule has 0 bridgehead atoms. The molecule has 5 heteroatoms. The zero-order chi connectivity index (χ0) is 12.6. The van der Waals surface area contributed by atoms with Gasteiger partial charge in [-0.2, -0.15) is 0 Å². The number of aliphatic imine (C=N–C) groups is 1. The largest absolute Gasteiger partial charge is 0.477 e. The molecule has 0 amide bonds. The number of carboxylic acid groups (broad SMARTS) is 1. The summed E-state index contributed by atoms with van der Waals surface area (Å²) in [6.45, 7) is 9.33. The fraction of sp³-hybridized carbons (Fsp3) is 0.167. The van der Waals surface area contributed by atoms with Crippen LogP contribution < -0.4 is 5.32 Å². The van der Waals surface area contributed by atoms with E-state index in [1.807, 2.05) is 0 Å². The van der Waals surface area contributed by atoms with Crippen molar-refractivity contribution < 1.29 is 9.90 Å². The van der Waals surface area contributed by atoms with Gasteiger partial charge in [-0.1, -0.05) is 12.7 Å². The van der Waals surface area contributed by atoms with E-state index in [2.05, 4.69) is 23.5 Å². The van der Waals surface area contributed by atoms with Gasteiger partial charge in [-0.25, -0.2) is 9.79 Å². The molecule has 2 N–H and O–H groups in total. The van der Waals surface area contributed by atoms with Crippen LogP contribution >= 0.6 is 11.3 Å². The van der Waals surface area contributed by atoms with Crippen LogP contribution in [0.15, 0.2) is 24.2 Å². The summed E-state index contributed by atoms with van der Waals surface area (Å²) in [7, 11) is 0. The monoisotopic (exact) mass is 248 g/mol. The Morgan fingerprint density at radius 3 is 2.94 bits per heavy atom. The molecule has 0 aromatic carbocycles. The third kappa shape index (κ3) is 1.89. The number of carboxylic acids is 1. The molecule has 0 unspecified atom stereocenters. The summed E-state index contributed by atoms with van der Waals surface area (Å²) in [5.41, 5.74) is 2.23. The summed E-state index contributed by atoms with van der Waals surface area (Å²) in [6, 6.07) is 0. The number of aromatic carboxylic acids is 1. The zero-order valence-electron chi connectivity index (χ0n) is 9.41. The number of fused-ring (bicyclic) bond motifs is 1. The van der Waals surface area contributed by atoms with E-state index in [1.165, 1.54) is 11.3 Å². The summed E-state index contributed by atoms with van der Waals surface area (Å²) in [4.78, 5) is 15.7. The lowest BCUT2D eigenvalue weighted by Crippen LogP contribution is -2.23. The first-order valence-electron chi connectivity index (χ1n) is 5.06. The molecular weight excluding hydrogens is 236 g/mol. The summed E-state index contributed by atoms with van der Waals surface area (Å²) in [5.74, 6) is -0.175. The predicted molar refractivity (Wildman–Crippen MR) is 70.1 cm³/mol. The number of hydrogen-bond donors (Lipinski definition) is 2. The minimum Gasteiger partial charge on any atom is -0.477 e. The van der Waals surface area contributed by atoms with Gasteiger partial charge < -0.3 is 10.4 Å². The second-order valence-electron chi connectivity index (χ2n) is 3.70. The molecule has 88 valence electrons. The fourth-order valence-electron chi connectivity index (χ4n) is 1.76. The predicted octanol–water partition coefficient (Wildman–Crippen LogP) is 2.93. The zero-order valence-corrected chi connectivity index (χ0v) is 10.2. The van der Waals surface area contributed by atoms with Gasteiger partial charge in [-0.3, -0.25) is 0 Å². The molecule has 0 fully saturated rings. The Morgan fingerprint density at radius 1 is 1.65 bits per heavy atom. The topological polar surface area (TPSA) is 61.7 Å². The molecule has 1 aromatic heterocycles. The second-order valence-corrected chi connectivity index (χ2v) is 4.70. The van der Waals surface area contributed by atoms with Crippen LogP contribution in [0.5, 0.6) is 0 Å². The van der Waals surface area contributed by atoms with Crippen molar-refractivity contribution in [2.24, 2.45) is 4.99 Å². The molecule has 4 nitrogen and oxygen atoms in total. The molecule has 1 aliphatic heterocycles. The number of hydrogen-bond acceptors (Lipinski definition) is 4. The first-order chi connectivity index (χ1) is 8.04. The lowest BCUT2D eigenvalue weighted by molar-refractivity contribution is 0.0701. The maximum Gasteiger partial charge on any atom is 0.346 e. The van der Waals surface area contributed by atoms with Crippen LogP contribution in [0.4, 0.5) is 5.00 Å². The third-order valence-electron chi connectivity index (χ3n) is 2.49. The van der Waals surface area contributed by atoms with E-state index in [9.17, 15) is 4.79 Å². The van der Waals surface area contributed by atoms with E-state index in [1.54, 1.807) is 13.0 Å². The van der Waals surface area contributed by atoms with E-state index in [0.29, 0.717) is 22.0 Å². The molecule has 2 rings (SSSR count). The minimum absolute atomic E-state index is 0.321. The Morgan fingerprint density at radius 2 is 2.35 bits per heavy atom. The number of carbonyl (C=O) groups is 1. The normalized spacial score (nSPS) is 13.7. The highest BCUT2D eigenvalue weighted by atomic mass is 32.1. The highest BCUT2D eigenvalue weighted by molar-refractivity contribution is 7.18. The standard InChI is InChI=1S/C12H12N2O2S/c1-4-5-8-13-7(3)9-6(2)10(12(15)16)17-11(9)14-8/h4H,1,3,5H2,2H3,(H,13,14)(H,15,16). The average molecular weight is 248 g/mol. The van der Waals surface area contributed by atoms with Crippen molar-refractivity contribution in [3.05, 3.63) is 35.2 Å². The van der Waals surface area contributed by atoms with Gasteiger partial charge in [0.25, 0.3) is 0 Å². The van der Waals surface area contributed by atoms with Gasteiger partial charge in [0.2, 0.25) is 0 Å². The third-order valence-corrected chi connectivity index (χ3v) is 3.67. The number of nitrogens with one attached hydrogen (secondary N) is 1. The highest BCUT2D eigenvalue weighted by Gasteiger charge is 2.24. The Bertz CT molecular complexity index is 555. The number of thiophene rings is 1. The minimum atomic E-state index is -0.921. The molecule has 0 atom stereocenters. The summed E-state index contributed by atoms with van der Waals surface area (Å²) in [5, 5.41) is 12.8. The second kappa shape index (κ2) is 4.18. The molecular formula is C12H12N2O2S. The van der Waals surface area contributed by atoms with Crippen molar-refractivity contribution in [3.63, 3.8) is 0 Å². The maximum atomic E-state index is 11.0. The molecule has 0 saturated carbocycles. The molecule has 1 aromatic rings.